The molecule has 0 atom stereocenters. The molecule has 0 fully saturated rings. The van der Waals surface area contributed by atoms with Gasteiger partial charge >= 0.3 is 0 Å². The molecule has 1 N–H and O–H groups in total. The molecule has 0 unspecified atom stereocenters. The van der Waals surface area contributed by atoms with Crippen LogP contribution in [-0.2, 0) is 11.2 Å². The van der Waals surface area contributed by atoms with Gasteiger partial charge in [-0.2, -0.15) is 0 Å². The number of anilines is 1. The number of para-hydroxylation sites is 1. The number of rotatable bonds is 5. The largest absolute Gasteiger partial charge is 0.326 e. The van der Waals surface area contributed by atoms with Gasteiger partial charge in [0.1, 0.15) is 0 Å². The van der Waals surface area contributed by atoms with E-state index in [1.165, 1.54) is 0 Å². The van der Waals surface area contributed by atoms with Crippen LogP contribution in [0.1, 0.15) is 12.0 Å². The maximum absolute atomic E-state index is 12.3. The van der Waals surface area contributed by atoms with Crippen molar-refractivity contribution in [3.8, 4) is 11.1 Å². The van der Waals surface area contributed by atoms with Crippen LogP contribution in [0.2, 0.25) is 0 Å². The Morgan fingerprint density at radius 2 is 1.62 bits per heavy atom. The minimum Gasteiger partial charge on any atom is -0.326 e. The third kappa shape index (κ3) is 4.33. The van der Waals surface area contributed by atoms with Crippen molar-refractivity contribution in [1.82, 2.24) is 0 Å². The van der Waals surface area contributed by atoms with Crippen LogP contribution in [0.3, 0.4) is 0 Å². The summed E-state index contributed by atoms with van der Waals surface area (Å²) in [6, 6.07) is 26.0. The average Bonchev–Trinajstić information content (AvgIpc) is 2.61. The highest BCUT2D eigenvalue weighted by Crippen LogP contribution is 2.27. The standard InChI is InChI=1S/C21H18BrNO/c22-18-10-6-7-16(15-18)13-14-21(24)23-20-12-5-4-11-19(20)17-8-2-1-3-9-17/h1-12,15H,13-14H2,(H,23,24). The molecule has 3 rings (SSSR count). The van der Waals surface area contributed by atoms with Crippen molar-refractivity contribution in [2.45, 2.75) is 12.8 Å². The normalized spacial score (nSPS) is 10.4. The number of nitrogens with one attached hydrogen (secondary N) is 1. The summed E-state index contributed by atoms with van der Waals surface area (Å²) in [7, 11) is 0. The number of hydrogen-bond acceptors (Lipinski definition) is 1. The van der Waals surface area contributed by atoms with Gasteiger partial charge in [0.15, 0.2) is 0 Å². The minimum absolute atomic E-state index is 0.0263. The smallest absolute Gasteiger partial charge is 0.224 e. The van der Waals surface area contributed by atoms with E-state index in [1.54, 1.807) is 0 Å². The maximum atomic E-state index is 12.3. The SMILES string of the molecule is O=C(CCc1cccc(Br)c1)Nc1ccccc1-c1ccccc1. The predicted octanol–water partition coefficient (Wildman–Crippen LogP) is 5.69. The molecule has 0 aliphatic rings. The number of amides is 1. The second kappa shape index (κ2) is 7.93. The van der Waals surface area contributed by atoms with Crippen LogP contribution in [0.15, 0.2) is 83.3 Å². The fourth-order valence-electron chi connectivity index (χ4n) is 2.62. The van der Waals surface area contributed by atoms with Gasteiger partial charge in [-0.15, -0.1) is 0 Å². The number of carbonyl (C=O) groups excluding carboxylic acids is 1. The van der Waals surface area contributed by atoms with Crippen LogP contribution in [0.25, 0.3) is 11.1 Å². The van der Waals surface area contributed by atoms with Crippen LogP contribution in [0.5, 0.6) is 0 Å². The van der Waals surface area contributed by atoms with Crippen molar-refractivity contribution in [3.05, 3.63) is 88.9 Å². The van der Waals surface area contributed by atoms with Crippen molar-refractivity contribution < 1.29 is 4.79 Å². The second-order valence-electron chi connectivity index (χ2n) is 5.59. The number of hydrogen-bond donors (Lipinski definition) is 1. The first-order valence-electron chi connectivity index (χ1n) is 7.91. The minimum atomic E-state index is 0.0263. The van der Waals surface area contributed by atoms with E-state index >= 15 is 0 Å². The zero-order valence-corrected chi connectivity index (χ0v) is 14.8. The molecule has 0 heterocycles. The van der Waals surface area contributed by atoms with Crippen LogP contribution < -0.4 is 5.32 Å². The molecule has 2 nitrogen and oxygen atoms in total. The summed E-state index contributed by atoms with van der Waals surface area (Å²) in [4.78, 5) is 12.3. The van der Waals surface area contributed by atoms with E-state index in [9.17, 15) is 4.79 Å². The summed E-state index contributed by atoms with van der Waals surface area (Å²) in [5.74, 6) is 0.0263. The van der Waals surface area contributed by atoms with E-state index < -0.39 is 0 Å². The van der Waals surface area contributed by atoms with E-state index in [0.29, 0.717) is 6.42 Å². The van der Waals surface area contributed by atoms with Gasteiger partial charge in [-0.25, -0.2) is 0 Å². The molecular weight excluding hydrogens is 362 g/mol. The first-order valence-corrected chi connectivity index (χ1v) is 8.70. The molecule has 24 heavy (non-hydrogen) atoms. The Bertz CT molecular complexity index is 830. The lowest BCUT2D eigenvalue weighted by Crippen LogP contribution is -2.13. The molecule has 0 saturated heterocycles. The molecule has 3 heteroatoms. The summed E-state index contributed by atoms with van der Waals surface area (Å²) < 4.78 is 1.04. The van der Waals surface area contributed by atoms with E-state index in [1.807, 2.05) is 78.9 Å². The highest BCUT2D eigenvalue weighted by molar-refractivity contribution is 9.10. The Balaban J connectivity index is 1.69. The summed E-state index contributed by atoms with van der Waals surface area (Å²) in [6.07, 6.45) is 1.18. The molecule has 0 aliphatic heterocycles. The van der Waals surface area contributed by atoms with Gasteiger partial charge in [-0.1, -0.05) is 76.6 Å². The van der Waals surface area contributed by atoms with Gasteiger partial charge < -0.3 is 5.32 Å². The average molecular weight is 380 g/mol. The van der Waals surface area contributed by atoms with E-state index in [0.717, 1.165) is 33.3 Å². The van der Waals surface area contributed by atoms with Gasteiger partial charge in [-0.05, 0) is 35.7 Å². The summed E-state index contributed by atoms with van der Waals surface area (Å²) >= 11 is 3.46. The quantitative estimate of drug-likeness (QED) is 0.606. The molecule has 0 aromatic heterocycles. The number of aryl methyl sites for hydroxylation is 1. The molecule has 120 valence electrons. The molecule has 0 radical (unpaired) electrons. The van der Waals surface area contributed by atoms with Crippen molar-refractivity contribution in [2.75, 3.05) is 5.32 Å². The second-order valence-corrected chi connectivity index (χ2v) is 6.51. The molecule has 0 bridgehead atoms. The van der Waals surface area contributed by atoms with Gasteiger partial charge in [0.2, 0.25) is 5.91 Å². The molecule has 1 amide bonds. The highest BCUT2D eigenvalue weighted by atomic mass is 79.9. The summed E-state index contributed by atoms with van der Waals surface area (Å²) in [5.41, 5.74) is 4.13. The number of benzene rings is 3. The first-order chi connectivity index (χ1) is 11.7. The van der Waals surface area contributed by atoms with Gasteiger partial charge in [0.05, 0.1) is 0 Å². The molecule has 0 spiro atoms. The monoisotopic (exact) mass is 379 g/mol. The maximum Gasteiger partial charge on any atom is 0.224 e. The van der Waals surface area contributed by atoms with Crippen molar-refractivity contribution in [2.24, 2.45) is 0 Å². The highest BCUT2D eigenvalue weighted by Gasteiger charge is 2.08. The molecule has 3 aromatic carbocycles. The van der Waals surface area contributed by atoms with E-state index in [2.05, 4.69) is 21.2 Å². The summed E-state index contributed by atoms with van der Waals surface area (Å²) in [5, 5.41) is 3.04. The first kappa shape index (κ1) is 16.5. The fourth-order valence-corrected chi connectivity index (χ4v) is 3.07. The van der Waals surface area contributed by atoms with Gasteiger partial charge in [0.25, 0.3) is 0 Å². The zero-order valence-electron chi connectivity index (χ0n) is 13.2. The van der Waals surface area contributed by atoms with Crippen LogP contribution in [0, 0.1) is 0 Å². The van der Waals surface area contributed by atoms with Crippen LogP contribution >= 0.6 is 15.9 Å². The van der Waals surface area contributed by atoms with E-state index in [-0.39, 0.29) is 5.91 Å². The third-order valence-corrected chi connectivity index (χ3v) is 4.31. The Hall–Kier alpha value is -2.39. The number of halogens is 1. The van der Waals surface area contributed by atoms with Crippen LogP contribution in [0.4, 0.5) is 5.69 Å². The van der Waals surface area contributed by atoms with Crippen molar-refractivity contribution >= 4 is 27.5 Å². The molecule has 3 aromatic rings. The van der Waals surface area contributed by atoms with Crippen molar-refractivity contribution in [3.63, 3.8) is 0 Å². The Labute approximate surface area is 150 Å². The molecular formula is C21H18BrNO. The van der Waals surface area contributed by atoms with Crippen molar-refractivity contribution in [1.29, 1.82) is 0 Å². The molecule has 0 saturated carbocycles. The molecule has 0 aliphatic carbocycles. The lowest BCUT2D eigenvalue weighted by Gasteiger charge is -2.11. The lowest BCUT2D eigenvalue weighted by atomic mass is 10.0. The summed E-state index contributed by atoms with van der Waals surface area (Å²) in [6.45, 7) is 0. The van der Waals surface area contributed by atoms with E-state index in [4.69, 9.17) is 0 Å². The predicted molar refractivity (Wildman–Crippen MR) is 103 cm³/mol. The fraction of sp³-hybridized carbons (Fsp3) is 0.0952. The Kier molecular flexibility index (Phi) is 5.44. The van der Waals surface area contributed by atoms with Crippen LogP contribution in [-0.4, -0.2) is 5.91 Å². The zero-order chi connectivity index (χ0) is 16.8. The number of carbonyl (C=O) groups is 1. The topological polar surface area (TPSA) is 29.1 Å². The Morgan fingerprint density at radius 1 is 0.875 bits per heavy atom. The third-order valence-electron chi connectivity index (χ3n) is 3.82. The van der Waals surface area contributed by atoms with Gasteiger partial charge in [0, 0.05) is 22.1 Å². The van der Waals surface area contributed by atoms with Gasteiger partial charge in [-0.3, -0.25) is 4.79 Å². The Morgan fingerprint density at radius 3 is 2.42 bits per heavy atom. The lowest BCUT2D eigenvalue weighted by molar-refractivity contribution is -0.116.